The second kappa shape index (κ2) is 13.1. The van der Waals surface area contributed by atoms with Crippen molar-refractivity contribution in [3.05, 3.63) is 104 Å². The molecule has 1 aromatic heterocycles. The third-order valence-corrected chi connectivity index (χ3v) is 8.11. The molecule has 1 fully saturated rings. The molecule has 12 heteroatoms. The Balaban J connectivity index is 1.45. The number of aromatic nitrogens is 2. The largest absolute Gasteiger partial charge is 0.496 e. The fourth-order valence-corrected chi connectivity index (χ4v) is 5.49. The van der Waals surface area contributed by atoms with Crippen molar-refractivity contribution in [2.24, 2.45) is 14.1 Å². The van der Waals surface area contributed by atoms with E-state index in [1.807, 2.05) is 0 Å². The molecule has 5 rings (SSSR count). The highest BCUT2D eigenvalue weighted by Crippen LogP contribution is 2.37. The second-order valence-electron chi connectivity index (χ2n) is 11.0. The van der Waals surface area contributed by atoms with Gasteiger partial charge in [0, 0.05) is 61.9 Å². The van der Waals surface area contributed by atoms with E-state index in [0.717, 1.165) is 9.13 Å². The Morgan fingerprint density at radius 3 is 2.53 bits per heavy atom. The van der Waals surface area contributed by atoms with Gasteiger partial charge in [0.2, 0.25) is 0 Å². The SMILES string of the molecule is COc1cc(-c2cccc(-c3cccc(NC(=O)c4cn(C)c(=O)n(C)c4=O)c3C)c2F)cc(F)c1CN[C@@H]1CCOC[C@H]1O. The molecular weight excluding hydrogens is 586 g/mol. The van der Waals surface area contributed by atoms with Gasteiger partial charge < -0.3 is 29.8 Å². The van der Waals surface area contributed by atoms with Crippen molar-refractivity contribution >= 4 is 11.6 Å². The summed E-state index contributed by atoms with van der Waals surface area (Å²) < 4.78 is 44.3. The first-order valence-electron chi connectivity index (χ1n) is 14.3. The van der Waals surface area contributed by atoms with Crippen molar-refractivity contribution in [2.75, 3.05) is 25.6 Å². The number of hydrogen-bond acceptors (Lipinski definition) is 7. The van der Waals surface area contributed by atoms with E-state index in [-0.39, 0.29) is 52.8 Å². The predicted molar refractivity (Wildman–Crippen MR) is 165 cm³/mol. The fraction of sp³-hybridized carbons (Fsp3) is 0.303. The normalized spacial score (nSPS) is 16.4. The monoisotopic (exact) mass is 620 g/mol. The van der Waals surface area contributed by atoms with Crippen LogP contribution in [-0.2, 0) is 25.4 Å². The highest BCUT2D eigenvalue weighted by Gasteiger charge is 2.25. The smallest absolute Gasteiger partial charge is 0.330 e. The Kier molecular flexibility index (Phi) is 9.28. The van der Waals surface area contributed by atoms with Gasteiger partial charge in [0.15, 0.2) is 0 Å². The first kappa shape index (κ1) is 31.8. The van der Waals surface area contributed by atoms with E-state index >= 15 is 8.78 Å². The third-order valence-electron chi connectivity index (χ3n) is 8.11. The van der Waals surface area contributed by atoms with Gasteiger partial charge >= 0.3 is 5.69 Å². The number of carbonyl (C=O) groups excluding carboxylic acids is 1. The minimum absolute atomic E-state index is 0.0998. The number of amides is 1. The summed E-state index contributed by atoms with van der Waals surface area (Å²) in [6.07, 6.45) is 1.04. The summed E-state index contributed by atoms with van der Waals surface area (Å²) in [7, 11) is 4.13. The van der Waals surface area contributed by atoms with Crippen molar-refractivity contribution in [1.82, 2.24) is 14.5 Å². The maximum absolute atomic E-state index is 16.2. The number of aliphatic hydroxyl groups excluding tert-OH is 1. The van der Waals surface area contributed by atoms with Crippen LogP contribution in [0.15, 0.2) is 64.3 Å². The van der Waals surface area contributed by atoms with Crippen molar-refractivity contribution in [3.63, 3.8) is 0 Å². The summed E-state index contributed by atoms with van der Waals surface area (Å²) >= 11 is 0. The molecule has 0 saturated carbocycles. The predicted octanol–water partition coefficient (Wildman–Crippen LogP) is 3.50. The van der Waals surface area contributed by atoms with E-state index in [4.69, 9.17) is 9.47 Å². The van der Waals surface area contributed by atoms with E-state index in [1.54, 1.807) is 49.4 Å². The van der Waals surface area contributed by atoms with Gasteiger partial charge in [-0.1, -0.05) is 30.3 Å². The van der Waals surface area contributed by atoms with Crippen LogP contribution in [0.5, 0.6) is 5.75 Å². The number of methoxy groups -OCH3 is 1. The number of aliphatic hydroxyl groups is 1. The molecule has 3 N–H and O–H groups in total. The van der Waals surface area contributed by atoms with Gasteiger partial charge in [-0.2, -0.15) is 0 Å². The number of rotatable bonds is 8. The molecular formula is C33H34F2N4O6. The van der Waals surface area contributed by atoms with Crippen LogP contribution in [0, 0.1) is 18.6 Å². The first-order chi connectivity index (χ1) is 21.5. The number of anilines is 1. The molecule has 0 spiro atoms. The standard InChI is InChI=1S/C33H34F2N4O6/c1-18-20(7-6-10-26(18)37-31(41)24-16-38(2)33(43)39(3)32(24)42)22-9-5-8-21(30(22)35)19-13-25(34)23(29(14-19)44-4)15-36-27-11-12-45-17-28(27)40/h5-10,13-14,16,27-28,36,40H,11-12,15,17H2,1-4H3,(H,37,41)/t27-,28-/m1/s1. The number of nitrogens with one attached hydrogen (secondary N) is 2. The van der Waals surface area contributed by atoms with Crippen molar-refractivity contribution in [3.8, 4) is 28.0 Å². The van der Waals surface area contributed by atoms with Crippen LogP contribution in [-0.4, -0.2) is 52.6 Å². The zero-order valence-corrected chi connectivity index (χ0v) is 25.3. The molecule has 1 aliphatic heterocycles. The van der Waals surface area contributed by atoms with Crippen LogP contribution in [0.25, 0.3) is 22.3 Å². The minimum atomic E-state index is -0.742. The summed E-state index contributed by atoms with van der Waals surface area (Å²) in [5.74, 6) is -1.68. The molecule has 236 valence electrons. The molecule has 0 aliphatic carbocycles. The molecule has 1 amide bonds. The Bertz CT molecular complexity index is 1890. The molecule has 2 heterocycles. The Labute approximate surface area is 257 Å². The van der Waals surface area contributed by atoms with Crippen molar-refractivity contribution < 1.29 is 28.2 Å². The second-order valence-corrected chi connectivity index (χ2v) is 11.0. The van der Waals surface area contributed by atoms with E-state index < -0.39 is 34.9 Å². The molecule has 3 aromatic carbocycles. The average molecular weight is 621 g/mol. The molecule has 1 aliphatic rings. The number of benzene rings is 3. The van der Waals surface area contributed by atoms with Gasteiger partial charge in [0.05, 0.1) is 19.8 Å². The van der Waals surface area contributed by atoms with Crippen LogP contribution < -0.4 is 26.6 Å². The minimum Gasteiger partial charge on any atom is -0.496 e. The fourth-order valence-electron chi connectivity index (χ4n) is 5.49. The topological polar surface area (TPSA) is 124 Å². The zero-order chi connectivity index (χ0) is 32.4. The summed E-state index contributed by atoms with van der Waals surface area (Å²) in [6, 6.07) is 12.3. The van der Waals surface area contributed by atoms with Gasteiger partial charge in [-0.25, -0.2) is 13.6 Å². The van der Waals surface area contributed by atoms with Gasteiger partial charge in [-0.15, -0.1) is 0 Å². The number of nitrogens with zero attached hydrogens (tertiary/aromatic N) is 2. The van der Waals surface area contributed by atoms with Crippen molar-refractivity contribution in [1.29, 1.82) is 0 Å². The molecule has 1 saturated heterocycles. The maximum Gasteiger partial charge on any atom is 0.330 e. The molecule has 45 heavy (non-hydrogen) atoms. The first-order valence-corrected chi connectivity index (χ1v) is 14.3. The summed E-state index contributed by atoms with van der Waals surface area (Å²) in [5.41, 5.74) is 0.707. The van der Waals surface area contributed by atoms with Crippen LogP contribution in [0.1, 0.15) is 27.9 Å². The Morgan fingerprint density at radius 2 is 1.80 bits per heavy atom. The van der Waals surface area contributed by atoms with Gasteiger partial charge in [0.1, 0.15) is 22.9 Å². The van der Waals surface area contributed by atoms with E-state index in [1.165, 1.54) is 33.5 Å². The molecule has 0 unspecified atom stereocenters. The molecule has 10 nitrogen and oxygen atoms in total. The number of carbonyl (C=O) groups is 1. The molecule has 4 aromatic rings. The van der Waals surface area contributed by atoms with Gasteiger partial charge in [-0.3, -0.25) is 14.2 Å². The Hall–Kier alpha value is -4.65. The number of halogens is 2. The summed E-state index contributed by atoms with van der Waals surface area (Å²) in [5, 5.41) is 16.0. The molecule has 0 radical (unpaired) electrons. The number of aryl methyl sites for hydroxylation is 1. The van der Waals surface area contributed by atoms with E-state index in [9.17, 15) is 19.5 Å². The van der Waals surface area contributed by atoms with Crippen LogP contribution >= 0.6 is 0 Å². The van der Waals surface area contributed by atoms with E-state index in [2.05, 4.69) is 10.6 Å². The van der Waals surface area contributed by atoms with Crippen LogP contribution in [0.4, 0.5) is 14.5 Å². The zero-order valence-electron chi connectivity index (χ0n) is 25.3. The number of ether oxygens (including phenoxy) is 2. The van der Waals surface area contributed by atoms with Gasteiger partial charge in [-0.05, 0) is 48.2 Å². The average Bonchev–Trinajstić information content (AvgIpc) is 3.02. The van der Waals surface area contributed by atoms with Crippen molar-refractivity contribution in [2.45, 2.75) is 32.0 Å². The van der Waals surface area contributed by atoms with Crippen LogP contribution in [0.2, 0.25) is 0 Å². The molecule has 0 bridgehead atoms. The number of hydrogen-bond donors (Lipinski definition) is 3. The van der Waals surface area contributed by atoms with Crippen LogP contribution in [0.3, 0.4) is 0 Å². The lowest BCUT2D eigenvalue weighted by atomic mass is 9.94. The van der Waals surface area contributed by atoms with E-state index in [0.29, 0.717) is 29.8 Å². The lowest BCUT2D eigenvalue weighted by Gasteiger charge is -2.29. The Morgan fingerprint density at radius 1 is 1.09 bits per heavy atom. The summed E-state index contributed by atoms with van der Waals surface area (Å²) in [6.45, 7) is 2.50. The lowest BCUT2D eigenvalue weighted by molar-refractivity contribution is -0.0281. The third kappa shape index (κ3) is 6.30. The summed E-state index contributed by atoms with van der Waals surface area (Å²) in [4.78, 5) is 37.6. The highest BCUT2D eigenvalue weighted by molar-refractivity contribution is 6.04. The highest BCUT2D eigenvalue weighted by atomic mass is 19.1. The lowest BCUT2D eigenvalue weighted by Crippen LogP contribution is -2.46. The van der Waals surface area contributed by atoms with Gasteiger partial charge in [0.25, 0.3) is 11.5 Å². The maximum atomic E-state index is 16.2. The molecule has 2 atom stereocenters. The quantitative estimate of drug-likeness (QED) is 0.276.